The highest BCUT2D eigenvalue weighted by molar-refractivity contribution is 7.99. The van der Waals surface area contributed by atoms with Gasteiger partial charge in [-0.3, -0.25) is 4.79 Å². The highest BCUT2D eigenvalue weighted by Gasteiger charge is 2.29. The number of halogens is 1. The second-order valence-electron chi connectivity index (χ2n) is 6.10. The van der Waals surface area contributed by atoms with Crippen molar-refractivity contribution in [2.45, 2.75) is 50.4 Å². The van der Waals surface area contributed by atoms with Crippen molar-refractivity contribution in [2.75, 3.05) is 5.75 Å². The van der Waals surface area contributed by atoms with Crippen LogP contribution in [0, 0.1) is 0 Å². The van der Waals surface area contributed by atoms with Gasteiger partial charge >= 0.3 is 0 Å². The summed E-state index contributed by atoms with van der Waals surface area (Å²) in [5.41, 5.74) is 0.770. The number of nitrogens with zero attached hydrogens (tertiary/aromatic N) is 3. The third kappa shape index (κ3) is 3.92. The van der Waals surface area contributed by atoms with Crippen molar-refractivity contribution in [3.63, 3.8) is 0 Å². The average molecular weight is 366 g/mol. The van der Waals surface area contributed by atoms with E-state index in [0.717, 1.165) is 18.4 Å². The molecule has 1 aromatic carbocycles. The summed E-state index contributed by atoms with van der Waals surface area (Å²) in [6.07, 6.45) is 3.33. The van der Waals surface area contributed by atoms with Gasteiger partial charge in [-0.15, -0.1) is 10.2 Å². The van der Waals surface area contributed by atoms with Crippen LogP contribution in [0.25, 0.3) is 11.5 Å². The first-order valence-corrected chi connectivity index (χ1v) is 9.44. The van der Waals surface area contributed by atoms with Crippen molar-refractivity contribution in [3.05, 3.63) is 29.3 Å². The van der Waals surface area contributed by atoms with E-state index >= 15 is 0 Å². The molecule has 0 aliphatic carbocycles. The Labute approximate surface area is 150 Å². The molecule has 24 heavy (non-hydrogen) atoms. The summed E-state index contributed by atoms with van der Waals surface area (Å²) in [5.74, 6) is 0.848. The molecule has 5 nitrogen and oxygen atoms in total. The molecule has 1 amide bonds. The normalized spacial score (nSPS) is 21.0. The SMILES string of the molecule is C[C@@H]1CCC[C@@H](C)N1C(=O)CSc1nnc(-c2cccc(Cl)c2)o1. The third-order valence-electron chi connectivity index (χ3n) is 4.28. The van der Waals surface area contributed by atoms with E-state index in [-0.39, 0.29) is 5.91 Å². The van der Waals surface area contributed by atoms with Gasteiger partial charge in [0.15, 0.2) is 0 Å². The molecule has 7 heteroatoms. The Morgan fingerprint density at radius 2 is 2.08 bits per heavy atom. The zero-order valence-corrected chi connectivity index (χ0v) is 15.3. The number of aromatic nitrogens is 2. The van der Waals surface area contributed by atoms with Gasteiger partial charge in [-0.25, -0.2) is 0 Å². The standard InChI is InChI=1S/C17H20ClN3O2S/c1-11-5-3-6-12(2)21(11)15(22)10-24-17-20-19-16(23-17)13-7-4-8-14(18)9-13/h4,7-9,11-12H,3,5-6,10H2,1-2H3/t11-,12-/m1/s1. The largest absolute Gasteiger partial charge is 0.411 e. The van der Waals surface area contributed by atoms with Crippen molar-refractivity contribution >= 4 is 29.3 Å². The number of carbonyl (C=O) groups excluding carboxylic acids is 1. The maximum absolute atomic E-state index is 12.5. The summed E-state index contributed by atoms with van der Waals surface area (Å²) in [6, 6.07) is 7.84. The number of likely N-dealkylation sites (tertiary alicyclic amines) is 1. The van der Waals surface area contributed by atoms with E-state index in [0.29, 0.717) is 34.0 Å². The van der Waals surface area contributed by atoms with E-state index in [2.05, 4.69) is 24.0 Å². The van der Waals surface area contributed by atoms with E-state index in [1.165, 1.54) is 18.2 Å². The lowest BCUT2D eigenvalue weighted by molar-refractivity contribution is -0.134. The highest BCUT2D eigenvalue weighted by atomic mass is 35.5. The first-order chi connectivity index (χ1) is 11.5. The first-order valence-electron chi connectivity index (χ1n) is 8.08. The number of carbonyl (C=O) groups is 1. The Kier molecular flexibility index (Phi) is 5.46. The maximum atomic E-state index is 12.5. The van der Waals surface area contributed by atoms with Crippen molar-refractivity contribution < 1.29 is 9.21 Å². The van der Waals surface area contributed by atoms with Crippen LogP contribution in [0.1, 0.15) is 33.1 Å². The van der Waals surface area contributed by atoms with Crippen LogP contribution in [-0.2, 0) is 4.79 Å². The number of amides is 1. The van der Waals surface area contributed by atoms with Crippen molar-refractivity contribution in [1.82, 2.24) is 15.1 Å². The smallest absolute Gasteiger partial charge is 0.277 e. The fourth-order valence-electron chi connectivity index (χ4n) is 3.12. The molecule has 0 radical (unpaired) electrons. The minimum absolute atomic E-state index is 0.127. The summed E-state index contributed by atoms with van der Waals surface area (Å²) in [7, 11) is 0. The number of thioether (sulfide) groups is 1. The summed E-state index contributed by atoms with van der Waals surface area (Å²) >= 11 is 7.25. The maximum Gasteiger partial charge on any atom is 0.277 e. The molecule has 1 aliphatic rings. The van der Waals surface area contributed by atoms with E-state index < -0.39 is 0 Å². The summed E-state index contributed by atoms with van der Waals surface area (Å²) in [6.45, 7) is 4.23. The number of benzene rings is 1. The Hall–Kier alpha value is -1.53. The van der Waals surface area contributed by atoms with Gasteiger partial charge in [0.05, 0.1) is 5.75 Å². The number of hydrogen-bond donors (Lipinski definition) is 0. The van der Waals surface area contributed by atoms with Crippen LogP contribution in [-0.4, -0.2) is 38.8 Å². The molecule has 2 heterocycles. The van der Waals surface area contributed by atoms with Gasteiger partial charge in [-0.2, -0.15) is 0 Å². The third-order valence-corrected chi connectivity index (χ3v) is 5.32. The lowest BCUT2D eigenvalue weighted by Crippen LogP contribution is -2.48. The van der Waals surface area contributed by atoms with Crippen LogP contribution in [0.4, 0.5) is 0 Å². The molecule has 1 aromatic heterocycles. The fraction of sp³-hybridized carbons (Fsp3) is 0.471. The summed E-state index contributed by atoms with van der Waals surface area (Å²) in [5, 5.41) is 9.05. The van der Waals surface area contributed by atoms with Crippen molar-refractivity contribution in [2.24, 2.45) is 0 Å². The zero-order chi connectivity index (χ0) is 17.1. The number of hydrogen-bond acceptors (Lipinski definition) is 5. The van der Waals surface area contributed by atoms with Gasteiger partial charge in [0.1, 0.15) is 0 Å². The van der Waals surface area contributed by atoms with Gasteiger partial charge < -0.3 is 9.32 Å². The molecular weight excluding hydrogens is 346 g/mol. The zero-order valence-electron chi connectivity index (χ0n) is 13.7. The van der Waals surface area contributed by atoms with Crippen LogP contribution in [0.15, 0.2) is 33.9 Å². The summed E-state index contributed by atoms with van der Waals surface area (Å²) in [4.78, 5) is 14.5. The molecule has 2 aromatic rings. The molecule has 0 spiro atoms. The lowest BCUT2D eigenvalue weighted by atomic mass is 9.98. The topological polar surface area (TPSA) is 59.2 Å². The fourth-order valence-corrected chi connectivity index (χ4v) is 3.94. The number of piperidine rings is 1. The molecule has 0 unspecified atom stereocenters. The number of rotatable bonds is 4. The Morgan fingerprint density at radius 1 is 1.33 bits per heavy atom. The van der Waals surface area contributed by atoms with Crippen LogP contribution in [0.2, 0.25) is 5.02 Å². The van der Waals surface area contributed by atoms with Gasteiger partial charge in [-0.05, 0) is 51.3 Å². The lowest BCUT2D eigenvalue weighted by Gasteiger charge is -2.39. The van der Waals surface area contributed by atoms with Crippen LogP contribution in [0.3, 0.4) is 0 Å². The summed E-state index contributed by atoms with van der Waals surface area (Å²) < 4.78 is 5.63. The predicted octanol–water partition coefficient (Wildman–Crippen LogP) is 4.27. The Bertz CT molecular complexity index is 711. The van der Waals surface area contributed by atoms with E-state index in [4.69, 9.17) is 16.0 Å². The van der Waals surface area contributed by atoms with Crippen molar-refractivity contribution in [3.8, 4) is 11.5 Å². The monoisotopic (exact) mass is 365 g/mol. The molecule has 3 rings (SSSR count). The van der Waals surface area contributed by atoms with Crippen molar-refractivity contribution in [1.29, 1.82) is 0 Å². The minimum Gasteiger partial charge on any atom is -0.411 e. The molecule has 1 aliphatic heterocycles. The van der Waals surface area contributed by atoms with E-state index in [9.17, 15) is 4.79 Å². The molecule has 2 atom stereocenters. The van der Waals surface area contributed by atoms with Gasteiger partial charge in [-0.1, -0.05) is 29.4 Å². The quantitative estimate of drug-likeness (QED) is 0.757. The van der Waals surface area contributed by atoms with Crippen LogP contribution in [0.5, 0.6) is 0 Å². The molecule has 1 fully saturated rings. The van der Waals surface area contributed by atoms with E-state index in [1.807, 2.05) is 17.0 Å². The van der Waals surface area contributed by atoms with Gasteiger partial charge in [0.2, 0.25) is 11.8 Å². The van der Waals surface area contributed by atoms with Gasteiger partial charge in [0.25, 0.3) is 5.22 Å². The predicted molar refractivity (Wildman–Crippen MR) is 95.1 cm³/mol. The Balaban J connectivity index is 1.62. The molecular formula is C17H20ClN3O2S. The van der Waals surface area contributed by atoms with E-state index in [1.54, 1.807) is 12.1 Å². The first kappa shape index (κ1) is 17.3. The highest BCUT2D eigenvalue weighted by Crippen LogP contribution is 2.27. The molecule has 0 bridgehead atoms. The molecule has 0 N–H and O–H groups in total. The van der Waals surface area contributed by atoms with Crippen LogP contribution >= 0.6 is 23.4 Å². The van der Waals surface area contributed by atoms with Gasteiger partial charge in [0, 0.05) is 22.7 Å². The molecule has 0 saturated carbocycles. The average Bonchev–Trinajstić information content (AvgIpc) is 3.02. The molecule has 1 saturated heterocycles. The second-order valence-corrected chi connectivity index (χ2v) is 7.47. The second kappa shape index (κ2) is 7.57. The van der Waals surface area contributed by atoms with Crippen LogP contribution < -0.4 is 0 Å². The minimum atomic E-state index is 0.127. The Morgan fingerprint density at radius 3 is 2.79 bits per heavy atom. The molecule has 128 valence electrons.